The first-order valence-electron chi connectivity index (χ1n) is 10.0. The van der Waals surface area contributed by atoms with Gasteiger partial charge in [0, 0.05) is 25.7 Å². The van der Waals surface area contributed by atoms with Crippen LogP contribution in [0, 0.1) is 18.2 Å². The summed E-state index contributed by atoms with van der Waals surface area (Å²) in [4.78, 5) is 25.6. The van der Waals surface area contributed by atoms with Crippen LogP contribution in [0.5, 0.6) is 0 Å². The highest BCUT2D eigenvalue weighted by molar-refractivity contribution is 5.77. The van der Waals surface area contributed by atoms with Crippen LogP contribution in [0.3, 0.4) is 0 Å². The van der Waals surface area contributed by atoms with Gasteiger partial charge in [-0.1, -0.05) is 12.1 Å². The van der Waals surface area contributed by atoms with Crippen LogP contribution in [0.2, 0.25) is 0 Å². The second-order valence-electron chi connectivity index (χ2n) is 8.30. The minimum absolute atomic E-state index is 0.188. The number of halogens is 1. The first kappa shape index (κ1) is 19.0. The van der Waals surface area contributed by atoms with Gasteiger partial charge in [0.15, 0.2) is 0 Å². The van der Waals surface area contributed by atoms with E-state index in [1.807, 2.05) is 24.0 Å². The Balaban J connectivity index is 1.35. The summed E-state index contributed by atoms with van der Waals surface area (Å²) in [5.41, 5.74) is 3.10. The van der Waals surface area contributed by atoms with Gasteiger partial charge in [-0.05, 0) is 62.4 Å². The summed E-state index contributed by atoms with van der Waals surface area (Å²) in [5, 5.41) is 0. The molecule has 1 aromatic carbocycles. The quantitative estimate of drug-likeness (QED) is 0.814. The third kappa shape index (κ3) is 4.38. The number of benzene rings is 1. The predicted octanol–water partition coefficient (Wildman–Crippen LogP) is 3.33. The predicted molar refractivity (Wildman–Crippen MR) is 105 cm³/mol. The first-order valence-corrected chi connectivity index (χ1v) is 10.0. The second kappa shape index (κ2) is 7.95. The average molecular weight is 382 g/mol. The molecular weight excluding hydrogens is 355 g/mol. The molecule has 3 heterocycles. The van der Waals surface area contributed by atoms with Crippen molar-refractivity contribution in [1.82, 2.24) is 19.8 Å². The van der Waals surface area contributed by atoms with E-state index in [4.69, 9.17) is 0 Å². The Hall–Kier alpha value is -2.34. The second-order valence-corrected chi connectivity index (χ2v) is 8.30. The normalized spacial score (nSPS) is 19.9. The average Bonchev–Trinajstić information content (AvgIpc) is 2.70. The molecule has 6 heteroatoms. The standard InChI is InChI=1S/C22H27FN4O/c1-17-12-25-20(13-24-17)15-27-16-22(7-6-21(27)28)8-10-26(11-9-22)14-18-2-4-19(23)5-3-18/h2-5,12-13H,6-11,14-16H2,1H3. The molecular formula is C22H27FN4O. The number of carbonyl (C=O) groups excluding carboxylic acids is 1. The molecule has 2 aromatic rings. The van der Waals surface area contributed by atoms with Crippen LogP contribution < -0.4 is 0 Å². The van der Waals surface area contributed by atoms with Gasteiger partial charge in [-0.2, -0.15) is 0 Å². The molecule has 5 nitrogen and oxygen atoms in total. The molecule has 1 spiro atoms. The molecule has 0 N–H and O–H groups in total. The number of likely N-dealkylation sites (tertiary alicyclic amines) is 2. The third-order valence-corrected chi connectivity index (χ3v) is 6.17. The van der Waals surface area contributed by atoms with Crippen LogP contribution in [0.15, 0.2) is 36.7 Å². The minimum Gasteiger partial charge on any atom is -0.336 e. The molecule has 2 fully saturated rings. The molecule has 0 bridgehead atoms. The molecule has 0 atom stereocenters. The van der Waals surface area contributed by atoms with Crippen LogP contribution in [0.4, 0.5) is 4.39 Å². The molecule has 0 saturated carbocycles. The number of aromatic nitrogens is 2. The Morgan fingerprint density at radius 2 is 1.79 bits per heavy atom. The topological polar surface area (TPSA) is 49.3 Å². The first-order chi connectivity index (χ1) is 13.5. The van der Waals surface area contributed by atoms with E-state index in [9.17, 15) is 9.18 Å². The van der Waals surface area contributed by atoms with Crippen molar-refractivity contribution in [3.63, 3.8) is 0 Å². The molecule has 28 heavy (non-hydrogen) atoms. The maximum atomic E-state index is 13.1. The molecule has 0 radical (unpaired) electrons. The van der Waals surface area contributed by atoms with Crippen molar-refractivity contribution in [1.29, 1.82) is 0 Å². The fourth-order valence-electron chi connectivity index (χ4n) is 4.38. The maximum Gasteiger partial charge on any atom is 0.222 e. The van der Waals surface area contributed by atoms with E-state index in [1.54, 1.807) is 12.4 Å². The summed E-state index contributed by atoms with van der Waals surface area (Å²) in [7, 11) is 0. The maximum absolute atomic E-state index is 13.1. The van der Waals surface area contributed by atoms with Crippen molar-refractivity contribution in [2.75, 3.05) is 19.6 Å². The van der Waals surface area contributed by atoms with Crippen molar-refractivity contribution in [2.45, 2.75) is 45.7 Å². The Bertz CT molecular complexity index is 813. The molecule has 4 rings (SSSR count). The summed E-state index contributed by atoms with van der Waals surface area (Å²) in [5.74, 6) is 0.0355. The zero-order chi connectivity index (χ0) is 19.6. The van der Waals surface area contributed by atoms with Gasteiger partial charge in [0.2, 0.25) is 5.91 Å². The highest BCUT2D eigenvalue weighted by Gasteiger charge is 2.40. The van der Waals surface area contributed by atoms with Gasteiger partial charge in [0.1, 0.15) is 5.82 Å². The lowest BCUT2D eigenvalue weighted by molar-refractivity contribution is -0.140. The van der Waals surface area contributed by atoms with Gasteiger partial charge in [-0.15, -0.1) is 0 Å². The van der Waals surface area contributed by atoms with E-state index in [-0.39, 0.29) is 17.1 Å². The summed E-state index contributed by atoms with van der Waals surface area (Å²) in [6.07, 6.45) is 7.32. The summed E-state index contributed by atoms with van der Waals surface area (Å²) < 4.78 is 13.1. The van der Waals surface area contributed by atoms with Gasteiger partial charge < -0.3 is 4.90 Å². The zero-order valence-corrected chi connectivity index (χ0v) is 16.4. The number of amides is 1. The van der Waals surface area contributed by atoms with Gasteiger partial charge >= 0.3 is 0 Å². The number of hydrogen-bond acceptors (Lipinski definition) is 4. The fraction of sp³-hybridized carbons (Fsp3) is 0.500. The number of piperidine rings is 2. The fourth-order valence-corrected chi connectivity index (χ4v) is 4.38. The summed E-state index contributed by atoms with van der Waals surface area (Å²) >= 11 is 0. The van der Waals surface area contributed by atoms with Crippen molar-refractivity contribution >= 4 is 5.91 Å². The molecule has 0 aliphatic carbocycles. The number of nitrogens with zero attached hydrogens (tertiary/aromatic N) is 4. The van der Waals surface area contributed by atoms with E-state index < -0.39 is 0 Å². The molecule has 148 valence electrons. The van der Waals surface area contributed by atoms with E-state index in [1.165, 1.54) is 12.1 Å². The lowest BCUT2D eigenvalue weighted by Gasteiger charge is -2.47. The van der Waals surface area contributed by atoms with E-state index >= 15 is 0 Å². The lowest BCUT2D eigenvalue weighted by atomic mass is 9.72. The summed E-state index contributed by atoms with van der Waals surface area (Å²) in [6, 6.07) is 6.78. The molecule has 2 saturated heterocycles. The van der Waals surface area contributed by atoms with Gasteiger partial charge in [0.05, 0.1) is 24.1 Å². The van der Waals surface area contributed by atoms with Crippen LogP contribution in [-0.4, -0.2) is 45.3 Å². The molecule has 2 aliphatic rings. The van der Waals surface area contributed by atoms with Crippen LogP contribution in [0.1, 0.15) is 42.6 Å². The summed E-state index contributed by atoms with van der Waals surface area (Å²) in [6.45, 7) is 6.17. The van der Waals surface area contributed by atoms with Gasteiger partial charge in [-0.25, -0.2) is 4.39 Å². The van der Waals surface area contributed by atoms with Gasteiger partial charge in [0.25, 0.3) is 0 Å². The van der Waals surface area contributed by atoms with Crippen molar-refractivity contribution < 1.29 is 9.18 Å². The number of aryl methyl sites for hydroxylation is 1. The largest absolute Gasteiger partial charge is 0.336 e. The van der Waals surface area contributed by atoms with Crippen molar-refractivity contribution in [2.24, 2.45) is 5.41 Å². The molecule has 0 unspecified atom stereocenters. The SMILES string of the molecule is Cc1cnc(CN2CC3(CCC2=O)CCN(Cc2ccc(F)cc2)CC3)cn1. The minimum atomic E-state index is -0.188. The highest BCUT2D eigenvalue weighted by Crippen LogP contribution is 2.40. The smallest absolute Gasteiger partial charge is 0.222 e. The monoisotopic (exact) mass is 382 g/mol. The lowest BCUT2D eigenvalue weighted by Crippen LogP contribution is -2.51. The van der Waals surface area contributed by atoms with Crippen LogP contribution >= 0.6 is 0 Å². The van der Waals surface area contributed by atoms with E-state index in [2.05, 4.69) is 14.9 Å². The Kier molecular flexibility index (Phi) is 5.40. The molecule has 1 amide bonds. The van der Waals surface area contributed by atoms with E-state index in [0.717, 1.165) is 62.4 Å². The number of rotatable bonds is 4. The third-order valence-electron chi connectivity index (χ3n) is 6.17. The Morgan fingerprint density at radius 1 is 1.04 bits per heavy atom. The Labute approximate surface area is 165 Å². The van der Waals surface area contributed by atoms with Crippen molar-refractivity contribution in [3.05, 3.63) is 59.4 Å². The van der Waals surface area contributed by atoms with Crippen LogP contribution in [-0.2, 0) is 17.9 Å². The molecule has 2 aliphatic heterocycles. The zero-order valence-electron chi connectivity index (χ0n) is 16.4. The highest BCUT2D eigenvalue weighted by atomic mass is 19.1. The van der Waals surface area contributed by atoms with Crippen molar-refractivity contribution in [3.8, 4) is 0 Å². The van der Waals surface area contributed by atoms with Gasteiger partial charge in [-0.3, -0.25) is 19.7 Å². The van der Waals surface area contributed by atoms with E-state index in [0.29, 0.717) is 13.0 Å². The van der Waals surface area contributed by atoms with Crippen LogP contribution in [0.25, 0.3) is 0 Å². The Morgan fingerprint density at radius 3 is 2.46 bits per heavy atom. The molecule has 1 aromatic heterocycles. The number of carbonyl (C=O) groups is 1. The number of hydrogen-bond donors (Lipinski definition) is 0.